The molecule has 0 atom stereocenters. The summed E-state index contributed by atoms with van der Waals surface area (Å²) in [5.41, 5.74) is 3.31. The van der Waals surface area contributed by atoms with Crippen molar-refractivity contribution in [3.05, 3.63) is 22.8 Å². The number of nitriles is 1. The van der Waals surface area contributed by atoms with Crippen molar-refractivity contribution in [2.24, 2.45) is 10.2 Å². The van der Waals surface area contributed by atoms with Gasteiger partial charge in [0.1, 0.15) is 11.6 Å². The molecule has 0 saturated heterocycles. The molecule has 0 unspecified atom stereocenters. The first-order valence-electron chi connectivity index (χ1n) is 8.97. The fourth-order valence-electron chi connectivity index (χ4n) is 2.83. The Morgan fingerprint density at radius 2 is 1.93 bits per heavy atom. The van der Waals surface area contributed by atoms with E-state index in [-0.39, 0.29) is 11.3 Å². The highest BCUT2D eigenvalue weighted by atomic mass is 32.1. The average Bonchev–Trinajstić information content (AvgIpc) is 3.24. The molecule has 0 saturated carbocycles. The van der Waals surface area contributed by atoms with Gasteiger partial charge in [-0.05, 0) is 25.4 Å². The van der Waals surface area contributed by atoms with Crippen molar-refractivity contribution in [3.63, 3.8) is 0 Å². The van der Waals surface area contributed by atoms with Crippen molar-refractivity contribution in [3.8, 4) is 6.07 Å². The summed E-state index contributed by atoms with van der Waals surface area (Å²) in [5, 5.41) is 28.3. The summed E-state index contributed by atoms with van der Waals surface area (Å²) in [4.78, 5) is 0. The van der Waals surface area contributed by atoms with Crippen molar-refractivity contribution in [2.45, 2.75) is 66.3 Å². The first kappa shape index (κ1) is 19.2. The van der Waals surface area contributed by atoms with Crippen LogP contribution in [0, 0.1) is 18.3 Å². The molecule has 0 spiro atoms. The van der Waals surface area contributed by atoms with Crippen molar-refractivity contribution >= 4 is 27.9 Å². The predicted molar refractivity (Wildman–Crippen MR) is 105 cm³/mol. The van der Waals surface area contributed by atoms with Crippen molar-refractivity contribution in [1.29, 1.82) is 5.26 Å². The van der Waals surface area contributed by atoms with Crippen molar-refractivity contribution in [1.82, 2.24) is 23.8 Å². The molecular weight excluding hydrogens is 360 g/mol. The number of aromatic nitrogens is 5. The van der Waals surface area contributed by atoms with E-state index in [1.807, 2.05) is 16.1 Å². The van der Waals surface area contributed by atoms with Gasteiger partial charge >= 0.3 is 0 Å². The summed E-state index contributed by atoms with van der Waals surface area (Å²) in [6, 6.07) is 2.15. The number of hydrogen-bond donors (Lipinski definition) is 0. The van der Waals surface area contributed by atoms with E-state index in [0.717, 1.165) is 17.2 Å². The van der Waals surface area contributed by atoms with Gasteiger partial charge in [-0.3, -0.25) is 0 Å². The second-order valence-corrected chi connectivity index (χ2v) is 8.52. The van der Waals surface area contributed by atoms with Gasteiger partial charge in [0, 0.05) is 17.9 Å². The maximum absolute atomic E-state index is 9.33. The molecule has 0 amide bonds. The van der Waals surface area contributed by atoms with Crippen LogP contribution in [0.3, 0.4) is 0 Å². The first-order chi connectivity index (χ1) is 12.7. The van der Waals surface area contributed by atoms with E-state index in [4.69, 9.17) is 10.2 Å². The van der Waals surface area contributed by atoms with Crippen LogP contribution >= 0.6 is 11.5 Å². The molecule has 0 fully saturated rings. The largest absolute Gasteiger partial charge is 0.244 e. The third-order valence-corrected chi connectivity index (χ3v) is 5.07. The van der Waals surface area contributed by atoms with Crippen LogP contribution in [0.2, 0.25) is 0 Å². The fraction of sp³-hybridized carbons (Fsp3) is 0.556. The smallest absolute Gasteiger partial charge is 0.182 e. The van der Waals surface area contributed by atoms with Crippen LogP contribution in [0.4, 0.5) is 10.7 Å². The summed E-state index contributed by atoms with van der Waals surface area (Å²) in [6.07, 6.45) is 0. The van der Waals surface area contributed by atoms with Gasteiger partial charge in [0.25, 0.3) is 0 Å². The third-order valence-electron chi connectivity index (χ3n) is 4.25. The molecule has 0 aliphatic carbocycles. The minimum Gasteiger partial charge on any atom is -0.244 e. The third kappa shape index (κ3) is 3.25. The Hall–Kier alpha value is -2.60. The molecule has 3 heterocycles. The van der Waals surface area contributed by atoms with Crippen LogP contribution in [-0.4, -0.2) is 23.8 Å². The van der Waals surface area contributed by atoms with E-state index < -0.39 is 0 Å². The lowest BCUT2D eigenvalue weighted by Gasteiger charge is -2.15. The monoisotopic (exact) mass is 384 g/mol. The number of nitrogens with zero attached hydrogens (tertiary/aromatic N) is 8. The van der Waals surface area contributed by atoms with E-state index >= 15 is 0 Å². The van der Waals surface area contributed by atoms with Crippen LogP contribution in [0.1, 0.15) is 70.2 Å². The molecule has 8 nitrogen and oxygen atoms in total. The Bertz CT molecular complexity index is 1050. The Morgan fingerprint density at radius 1 is 1.22 bits per heavy atom. The molecule has 0 bridgehead atoms. The molecule has 27 heavy (non-hydrogen) atoms. The number of rotatable bonds is 4. The van der Waals surface area contributed by atoms with Gasteiger partial charge in [-0.1, -0.05) is 34.6 Å². The van der Waals surface area contributed by atoms with Crippen LogP contribution in [0.15, 0.2) is 10.2 Å². The molecule has 0 radical (unpaired) electrons. The van der Waals surface area contributed by atoms with Crippen molar-refractivity contribution in [2.75, 3.05) is 0 Å². The minimum atomic E-state index is -0.213. The quantitative estimate of drug-likeness (QED) is 0.590. The number of azo groups is 1. The Morgan fingerprint density at radius 3 is 2.48 bits per heavy atom. The number of fused-ring (bicyclic) bond motifs is 1. The van der Waals surface area contributed by atoms with Gasteiger partial charge in [0.2, 0.25) is 0 Å². The number of hydrogen-bond acceptors (Lipinski definition) is 7. The molecule has 0 aromatic carbocycles. The fourth-order valence-corrected chi connectivity index (χ4v) is 3.51. The van der Waals surface area contributed by atoms with E-state index in [9.17, 15) is 5.26 Å². The predicted octanol–water partition coefficient (Wildman–Crippen LogP) is 5.02. The Labute approximate surface area is 162 Å². The molecule has 9 heteroatoms. The second kappa shape index (κ2) is 6.85. The normalized spacial score (nSPS) is 12.6. The van der Waals surface area contributed by atoms with Crippen LogP contribution in [-0.2, 0) is 12.0 Å². The van der Waals surface area contributed by atoms with Gasteiger partial charge in [-0.2, -0.15) is 24.3 Å². The summed E-state index contributed by atoms with van der Waals surface area (Å²) in [5.74, 6) is 1.12. The van der Waals surface area contributed by atoms with Gasteiger partial charge in [0.15, 0.2) is 22.2 Å². The van der Waals surface area contributed by atoms with Crippen LogP contribution in [0.5, 0.6) is 0 Å². The molecular formula is C18H24N8S. The first-order valence-corrected chi connectivity index (χ1v) is 9.74. The van der Waals surface area contributed by atoms with Crippen LogP contribution < -0.4 is 0 Å². The maximum atomic E-state index is 9.33. The lowest BCUT2D eigenvalue weighted by atomic mass is 9.91. The van der Waals surface area contributed by atoms with Gasteiger partial charge in [0.05, 0.1) is 11.4 Å². The lowest BCUT2D eigenvalue weighted by Crippen LogP contribution is -2.13. The highest BCUT2D eigenvalue weighted by Crippen LogP contribution is 2.37. The molecule has 142 valence electrons. The van der Waals surface area contributed by atoms with Gasteiger partial charge < -0.3 is 0 Å². The van der Waals surface area contributed by atoms with Crippen molar-refractivity contribution < 1.29 is 0 Å². The topological polar surface area (TPSA) is 96.5 Å². The molecule has 3 aromatic heterocycles. The highest BCUT2D eigenvalue weighted by molar-refractivity contribution is 7.10. The summed E-state index contributed by atoms with van der Waals surface area (Å²) in [6.45, 7) is 15.0. The van der Waals surface area contributed by atoms with Crippen LogP contribution in [0.25, 0.3) is 5.65 Å². The van der Waals surface area contributed by atoms with E-state index in [0.29, 0.717) is 28.5 Å². The van der Waals surface area contributed by atoms with E-state index in [1.165, 1.54) is 11.5 Å². The van der Waals surface area contributed by atoms with Gasteiger partial charge in [-0.15, -0.1) is 10.2 Å². The molecule has 3 rings (SSSR count). The summed E-state index contributed by atoms with van der Waals surface area (Å²) < 4.78 is 8.00. The minimum absolute atomic E-state index is 0.213. The second-order valence-electron chi connectivity index (χ2n) is 7.77. The molecule has 3 aromatic rings. The standard InChI is InChI=1S/C18H24N8S/c1-8-25-17-13(20-21-16-12(9-19)11(4)24-27-16)14(18(5,6)7)22-26(17)15(23-25)10(2)3/h10H,8H2,1-7H3. The molecule has 0 aliphatic rings. The maximum Gasteiger partial charge on any atom is 0.182 e. The SMILES string of the molecule is CCn1nc(C(C)C)n2nc(C(C)(C)C)c(N=Nc3snc(C)c3C#N)c12. The zero-order valence-corrected chi connectivity index (χ0v) is 17.6. The summed E-state index contributed by atoms with van der Waals surface area (Å²) >= 11 is 1.18. The van der Waals surface area contributed by atoms with Gasteiger partial charge in [-0.25, -0.2) is 4.68 Å². The molecule has 0 N–H and O–H groups in total. The number of aryl methyl sites for hydroxylation is 2. The molecule has 0 aliphatic heterocycles. The van der Waals surface area contributed by atoms with E-state index in [2.05, 4.69) is 55.3 Å². The Balaban J connectivity index is 2.26. The Kier molecular flexibility index (Phi) is 4.86. The average molecular weight is 385 g/mol. The summed E-state index contributed by atoms with van der Waals surface area (Å²) in [7, 11) is 0. The zero-order valence-electron chi connectivity index (χ0n) is 16.8. The highest BCUT2D eigenvalue weighted by Gasteiger charge is 2.29. The zero-order chi connectivity index (χ0) is 19.9. The van der Waals surface area contributed by atoms with E-state index in [1.54, 1.807) is 6.92 Å². The lowest BCUT2D eigenvalue weighted by molar-refractivity contribution is 0.557.